The van der Waals surface area contributed by atoms with E-state index in [1.807, 2.05) is 0 Å². The minimum atomic E-state index is -0.221. The molecule has 2 saturated carbocycles. The van der Waals surface area contributed by atoms with E-state index in [2.05, 4.69) is 52.4 Å². The number of hydrogen-bond acceptors (Lipinski definition) is 4. The second kappa shape index (κ2) is 8.25. The van der Waals surface area contributed by atoms with Crippen molar-refractivity contribution in [3.63, 3.8) is 0 Å². The molecule has 4 fully saturated rings. The maximum absolute atomic E-state index is 14.0. The van der Waals surface area contributed by atoms with Crippen molar-refractivity contribution in [1.29, 1.82) is 0 Å². The number of nitrogens with one attached hydrogen (secondary N) is 1. The van der Waals surface area contributed by atoms with E-state index >= 15 is 0 Å². The van der Waals surface area contributed by atoms with Crippen LogP contribution in [0, 0.1) is 11.3 Å². The van der Waals surface area contributed by atoms with E-state index in [0.717, 1.165) is 78.0 Å². The molecule has 1 N–H and O–H groups in total. The van der Waals surface area contributed by atoms with Crippen LogP contribution in [0.4, 0.5) is 0 Å². The van der Waals surface area contributed by atoms with Gasteiger partial charge in [0.25, 0.3) is 0 Å². The van der Waals surface area contributed by atoms with Crippen molar-refractivity contribution in [3.8, 4) is 0 Å². The summed E-state index contributed by atoms with van der Waals surface area (Å²) in [4.78, 5) is 19.1. The monoisotopic (exact) mass is 411 g/mol. The maximum atomic E-state index is 14.0. The Balaban J connectivity index is 1.35. The number of ether oxygens (including phenoxy) is 1. The van der Waals surface area contributed by atoms with Crippen LogP contribution in [0.5, 0.6) is 0 Å². The fourth-order valence-electron chi connectivity index (χ4n) is 6.34. The normalized spacial score (nSPS) is 34.2. The summed E-state index contributed by atoms with van der Waals surface area (Å²) >= 11 is 0. The molecule has 4 aliphatic rings. The van der Waals surface area contributed by atoms with Gasteiger partial charge in [-0.3, -0.25) is 9.69 Å². The van der Waals surface area contributed by atoms with Crippen molar-refractivity contribution < 1.29 is 9.53 Å². The quantitative estimate of drug-likeness (QED) is 0.809. The van der Waals surface area contributed by atoms with E-state index in [-0.39, 0.29) is 11.0 Å². The summed E-state index contributed by atoms with van der Waals surface area (Å²) in [7, 11) is 0. The predicted molar refractivity (Wildman–Crippen MR) is 118 cm³/mol. The van der Waals surface area contributed by atoms with E-state index in [4.69, 9.17) is 4.74 Å². The first kappa shape index (κ1) is 20.5. The number of fused-ring (bicyclic) bond motifs is 1. The lowest BCUT2D eigenvalue weighted by Crippen LogP contribution is -2.61. The molecular weight excluding hydrogens is 374 g/mol. The van der Waals surface area contributed by atoms with E-state index in [1.165, 1.54) is 12.0 Å². The molecule has 5 heteroatoms. The van der Waals surface area contributed by atoms with Crippen molar-refractivity contribution in [1.82, 2.24) is 15.1 Å². The van der Waals surface area contributed by atoms with Gasteiger partial charge in [0.15, 0.2) is 0 Å². The second-order valence-corrected chi connectivity index (χ2v) is 9.99. The van der Waals surface area contributed by atoms with Crippen LogP contribution in [0.2, 0.25) is 0 Å². The number of carbonyl (C=O) groups excluding carboxylic acids is 1. The van der Waals surface area contributed by atoms with Gasteiger partial charge in [0, 0.05) is 25.7 Å². The Bertz CT molecular complexity index is 744. The zero-order chi connectivity index (χ0) is 20.6. The molecule has 0 spiro atoms. The lowest BCUT2D eigenvalue weighted by molar-refractivity contribution is -0.146. The fourth-order valence-corrected chi connectivity index (χ4v) is 6.34. The highest BCUT2D eigenvalue weighted by molar-refractivity contribution is 5.85. The first-order valence-electron chi connectivity index (χ1n) is 12.1. The van der Waals surface area contributed by atoms with Crippen molar-refractivity contribution in [3.05, 3.63) is 35.9 Å². The second-order valence-electron chi connectivity index (χ2n) is 9.99. The lowest BCUT2D eigenvalue weighted by atomic mass is 9.60. The summed E-state index contributed by atoms with van der Waals surface area (Å²) in [6, 6.07) is 11.2. The summed E-state index contributed by atoms with van der Waals surface area (Å²) in [5.41, 5.74) is 0.936. The molecule has 3 atom stereocenters. The third kappa shape index (κ3) is 3.69. The smallest absolute Gasteiger partial charge is 0.228 e. The van der Waals surface area contributed by atoms with Crippen molar-refractivity contribution in [2.24, 2.45) is 11.3 Å². The van der Waals surface area contributed by atoms with Gasteiger partial charge in [-0.1, -0.05) is 37.3 Å². The molecule has 0 unspecified atom stereocenters. The molecule has 5 rings (SSSR count). The Hall–Kier alpha value is -1.43. The molecule has 1 aromatic carbocycles. The number of nitrogens with zero attached hydrogens (tertiary/aromatic N) is 2. The molecule has 1 aromatic rings. The average molecular weight is 412 g/mol. The molecule has 30 heavy (non-hydrogen) atoms. The van der Waals surface area contributed by atoms with Crippen LogP contribution in [0.25, 0.3) is 0 Å². The highest BCUT2D eigenvalue weighted by Gasteiger charge is 2.55. The van der Waals surface area contributed by atoms with E-state index in [0.29, 0.717) is 17.9 Å². The van der Waals surface area contributed by atoms with Gasteiger partial charge in [0.05, 0.1) is 24.2 Å². The van der Waals surface area contributed by atoms with Gasteiger partial charge in [-0.15, -0.1) is 0 Å². The minimum absolute atomic E-state index is 0.118. The van der Waals surface area contributed by atoms with Crippen LogP contribution in [-0.2, 0) is 15.1 Å². The zero-order valence-electron chi connectivity index (χ0n) is 18.4. The van der Waals surface area contributed by atoms with Crippen molar-refractivity contribution in [2.45, 2.75) is 57.0 Å². The van der Waals surface area contributed by atoms with Crippen LogP contribution in [-0.4, -0.2) is 67.7 Å². The molecule has 2 heterocycles. The van der Waals surface area contributed by atoms with Gasteiger partial charge in [-0.2, -0.15) is 0 Å². The van der Waals surface area contributed by atoms with Crippen LogP contribution in [0.1, 0.15) is 51.0 Å². The number of piperidine rings is 1. The van der Waals surface area contributed by atoms with Crippen LogP contribution in [0.15, 0.2) is 30.3 Å². The Kier molecular flexibility index (Phi) is 5.63. The van der Waals surface area contributed by atoms with Gasteiger partial charge in [-0.05, 0) is 63.1 Å². The Labute approximate surface area is 181 Å². The van der Waals surface area contributed by atoms with Gasteiger partial charge >= 0.3 is 0 Å². The molecule has 1 amide bonds. The molecule has 164 valence electrons. The highest BCUT2D eigenvalue weighted by atomic mass is 16.5. The number of amides is 1. The first-order chi connectivity index (χ1) is 14.7. The van der Waals surface area contributed by atoms with Gasteiger partial charge in [0.2, 0.25) is 5.91 Å². The summed E-state index contributed by atoms with van der Waals surface area (Å²) in [5, 5.41) is 3.58. The Morgan fingerprint density at radius 2 is 1.87 bits per heavy atom. The minimum Gasteiger partial charge on any atom is -0.379 e. The number of benzene rings is 1. The Morgan fingerprint density at radius 1 is 1.10 bits per heavy atom. The van der Waals surface area contributed by atoms with E-state index in [9.17, 15) is 4.79 Å². The molecule has 2 aliphatic heterocycles. The van der Waals surface area contributed by atoms with Crippen molar-refractivity contribution >= 4 is 5.91 Å². The summed E-state index contributed by atoms with van der Waals surface area (Å²) in [5.74, 6) is 0.820. The van der Waals surface area contributed by atoms with Gasteiger partial charge in [-0.25, -0.2) is 0 Å². The zero-order valence-corrected chi connectivity index (χ0v) is 18.4. The fraction of sp³-hybridized carbons (Fsp3) is 0.720. The third-order valence-corrected chi connectivity index (χ3v) is 8.45. The topological polar surface area (TPSA) is 44.8 Å². The number of rotatable bonds is 5. The Morgan fingerprint density at radius 3 is 2.57 bits per heavy atom. The van der Waals surface area contributed by atoms with Crippen LogP contribution >= 0.6 is 0 Å². The number of carbonyl (C=O) groups is 1. The van der Waals surface area contributed by atoms with Crippen molar-refractivity contribution in [2.75, 3.05) is 45.9 Å². The molecule has 0 aromatic heterocycles. The van der Waals surface area contributed by atoms with Gasteiger partial charge < -0.3 is 15.0 Å². The average Bonchev–Trinajstić information content (AvgIpc) is 3.60. The summed E-state index contributed by atoms with van der Waals surface area (Å²) < 4.78 is 5.58. The SMILES string of the molecule is CCN1CC[C@@H]2C[C@@H](N3CCOCC3)CC[C@@]2(C(=O)NC2(c3ccccc3)CC2)C1. The largest absolute Gasteiger partial charge is 0.379 e. The maximum Gasteiger partial charge on any atom is 0.228 e. The van der Waals surface area contributed by atoms with Gasteiger partial charge in [0.1, 0.15) is 0 Å². The molecule has 0 bridgehead atoms. The van der Waals surface area contributed by atoms with Crippen LogP contribution in [0.3, 0.4) is 0 Å². The van der Waals surface area contributed by atoms with E-state index < -0.39 is 0 Å². The predicted octanol–water partition coefficient (Wildman–Crippen LogP) is 3.00. The standard InChI is InChI=1S/C25H37N3O2/c1-2-27-13-9-21-18-22(28-14-16-30-17-15-28)8-10-24(21,19-27)23(29)26-25(11-12-25)20-6-4-3-5-7-20/h3-7,21-22H,2,8-19H2,1H3,(H,26,29)/t21-,22+,24-/m1/s1. The molecule has 2 saturated heterocycles. The molecular formula is C25H37N3O2. The number of morpholine rings is 1. The summed E-state index contributed by atoms with van der Waals surface area (Å²) in [6.45, 7) is 9.16. The summed E-state index contributed by atoms with van der Waals surface area (Å²) in [6.07, 6.45) is 6.62. The number of hydrogen-bond donors (Lipinski definition) is 1. The molecule has 0 radical (unpaired) electrons. The highest BCUT2D eigenvalue weighted by Crippen LogP contribution is 2.51. The number of likely N-dealkylation sites (tertiary alicyclic amines) is 1. The van der Waals surface area contributed by atoms with Crippen LogP contribution < -0.4 is 5.32 Å². The molecule has 5 nitrogen and oxygen atoms in total. The third-order valence-electron chi connectivity index (χ3n) is 8.45. The first-order valence-corrected chi connectivity index (χ1v) is 12.1. The molecule has 2 aliphatic carbocycles. The lowest BCUT2D eigenvalue weighted by Gasteiger charge is -2.53. The van der Waals surface area contributed by atoms with E-state index in [1.54, 1.807) is 0 Å².